The van der Waals surface area contributed by atoms with Crippen molar-refractivity contribution in [3.8, 4) is 0 Å². The average Bonchev–Trinajstić information content (AvgIpc) is 2.63. The Balaban J connectivity index is 0.00000127. The van der Waals surface area contributed by atoms with Crippen LogP contribution in [0.3, 0.4) is 0 Å². The Morgan fingerprint density at radius 3 is 1.83 bits per heavy atom. The first-order chi connectivity index (χ1) is 11.3. The molecule has 0 heterocycles. The van der Waals surface area contributed by atoms with E-state index in [1.165, 1.54) is 27.5 Å². The number of nitrogens with zero attached hydrogens (tertiary/aromatic N) is 1. The van der Waals surface area contributed by atoms with Gasteiger partial charge < -0.3 is 4.58 Å². The number of rotatable bonds is 7. The normalized spacial score (nSPS) is 11.3. The van der Waals surface area contributed by atoms with Gasteiger partial charge in [-0.2, -0.15) is 0 Å². The van der Waals surface area contributed by atoms with Gasteiger partial charge in [0.1, 0.15) is 6.04 Å². The fourth-order valence-electron chi connectivity index (χ4n) is 2.71. The van der Waals surface area contributed by atoms with Crippen LogP contribution in [-0.2, 0) is 16.3 Å². The quantitative estimate of drug-likeness (QED) is 0.181. The monoisotopic (exact) mass is 420 g/mol. The van der Waals surface area contributed by atoms with E-state index in [4.69, 9.17) is 6.72 Å². The molecular weight excluding hydrogens is 400 g/mol. The Labute approximate surface area is 157 Å². The minimum atomic E-state index is 0.0669. The zero-order chi connectivity index (χ0) is 17.1. The first-order valence-electron chi connectivity index (χ1n) is 7.78. The van der Waals surface area contributed by atoms with Gasteiger partial charge in [0.25, 0.3) is 0 Å². The molecule has 3 heteroatoms. The molecule has 0 fully saturated rings. The molecule has 116 valence electrons. The fourth-order valence-corrected chi connectivity index (χ4v) is 2.71. The van der Waals surface area contributed by atoms with Crippen molar-refractivity contribution in [2.24, 2.45) is 0 Å². The Morgan fingerprint density at radius 2 is 1.48 bits per heavy atom. The molecule has 0 unspecified atom stereocenters. The van der Waals surface area contributed by atoms with Crippen LogP contribution in [0.25, 0.3) is 0 Å². The summed E-state index contributed by atoms with van der Waals surface area (Å²) in [5.74, 6) is 0. The molecule has 0 bridgehead atoms. The third kappa shape index (κ3) is 5.82. The van der Waals surface area contributed by atoms with Crippen molar-refractivity contribution < 1.29 is 20.9 Å². The Bertz CT molecular complexity index is 544. The summed E-state index contributed by atoms with van der Waals surface area (Å²) in [5.41, 5.74) is 2.43. The van der Waals surface area contributed by atoms with Crippen LogP contribution in [0.15, 0.2) is 73.3 Å². The number of hydrogen-bond donors (Lipinski definition) is 0. The summed E-state index contributed by atoms with van der Waals surface area (Å²) in [4.78, 5) is 0. The van der Waals surface area contributed by atoms with E-state index in [-0.39, 0.29) is 12.1 Å². The van der Waals surface area contributed by atoms with Crippen LogP contribution >= 0.6 is 13.6 Å². The van der Waals surface area contributed by atoms with E-state index >= 15 is 0 Å². The van der Waals surface area contributed by atoms with Gasteiger partial charge in [-0.3, -0.25) is 0 Å². The number of hydrogen-bond acceptors (Lipinski definition) is 0. The van der Waals surface area contributed by atoms with Crippen LogP contribution in [0, 0.1) is 0 Å². The summed E-state index contributed by atoms with van der Waals surface area (Å²) in [6, 6.07) is 21.2. The van der Waals surface area contributed by atoms with Gasteiger partial charge in [0.15, 0.2) is 6.04 Å². The molecule has 2 rings (SSSR count). The molecule has 2 aromatic carbocycles. The first-order valence-corrected chi connectivity index (χ1v) is 14.7. The number of halogens is 1. The molecule has 0 saturated carbocycles. The van der Waals surface area contributed by atoms with E-state index < -0.39 is 0 Å². The molecule has 0 aliphatic heterocycles. The fraction of sp³-hybridized carbons (Fsp3) is 0.250. The summed E-state index contributed by atoms with van der Waals surface area (Å²) in [6.07, 6.45) is 3.84. The minimum absolute atomic E-state index is 0.0669. The van der Waals surface area contributed by atoms with Gasteiger partial charge in [-0.25, -0.2) is 6.72 Å². The standard InChI is InChI=1S/C20H23N.BrH.Zn/c1-4-12-19(5-2)21(3)20(17-13-8-6-9-14-17)18-15-10-7-11-16-18;;/h3-4,6-11,13-16,19-20H,1,5,12H2,2H3;1H;/q;;+2/p-1/t19-;;/m1../s1. The Morgan fingerprint density at radius 1 is 1.04 bits per heavy atom. The van der Waals surface area contributed by atoms with Crippen molar-refractivity contribution >= 4 is 20.3 Å². The topological polar surface area (TPSA) is 3.01 Å². The van der Waals surface area contributed by atoms with Crippen molar-refractivity contribution in [3.05, 3.63) is 84.4 Å². The van der Waals surface area contributed by atoms with Gasteiger partial charge in [-0.15, -0.1) is 6.58 Å². The molecule has 0 amide bonds. The predicted octanol–water partition coefficient (Wildman–Crippen LogP) is 5.56. The average molecular weight is 423 g/mol. The predicted molar refractivity (Wildman–Crippen MR) is 98.9 cm³/mol. The summed E-state index contributed by atoms with van der Waals surface area (Å²) >= 11 is 4.25. The van der Waals surface area contributed by atoms with E-state index in [1.807, 2.05) is 22.8 Å². The second kappa shape index (κ2) is 11.5. The van der Waals surface area contributed by atoms with E-state index in [0.717, 1.165) is 12.8 Å². The first kappa shape index (κ1) is 20.0. The van der Waals surface area contributed by atoms with Crippen LogP contribution in [0.4, 0.5) is 0 Å². The third-order valence-electron chi connectivity index (χ3n) is 3.86. The summed E-state index contributed by atoms with van der Waals surface area (Å²) in [7, 11) is 0. The number of benzene rings is 2. The van der Waals surface area contributed by atoms with Crippen LogP contribution in [0.2, 0.25) is 0 Å². The van der Waals surface area contributed by atoms with Crippen molar-refractivity contribution in [1.82, 2.24) is 0 Å². The van der Waals surface area contributed by atoms with Gasteiger partial charge in [-0.1, -0.05) is 73.7 Å². The third-order valence-corrected chi connectivity index (χ3v) is 3.86. The van der Waals surface area contributed by atoms with Gasteiger partial charge >= 0.3 is 30.0 Å². The van der Waals surface area contributed by atoms with Crippen LogP contribution in [-0.4, -0.2) is 17.3 Å². The molecule has 0 aliphatic rings. The van der Waals surface area contributed by atoms with Gasteiger partial charge in [0, 0.05) is 24.0 Å². The van der Waals surface area contributed by atoms with Crippen molar-refractivity contribution in [1.29, 1.82) is 0 Å². The summed E-state index contributed by atoms with van der Waals surface area (Å²) in [5, 5.41) is 0. The Hall–Kier alpha value is -1.05. The summed E-state index contributed by atoms with van der Waals surface area (Å²) < 4.78 is 1.98. The van der Waals surface area contributed by atoms with Crippen LogP contribution in [0.1, 0.15) is 36.9 Å². The van der Waals surface area contributed by atoms with Crippen molar-refractivity contribution in [2.75, 3.05) is 0 Å². The summed E-state index contributed by atoms with van der Waals surface area (Å²) in [6.45, 7) is 12.5. The Kier molecular flexibility index (Phi) is 9.98. The second-order valence-corrected chi connectivity index (χ2v) is 5.26. The van der Waals surface area contributed by atoms with E-state index in [1.54, 1.807) is 0 Å². The molecule has 0 saturated heterocycles. The molecule has 2 aromatic rings. The molecule has 0 spiro atoms. The molecule has 1 atom stereocenters. The van der Waals surface area contributed by atoms with E-state index in [2.05, 4.69) is 75.7 Å². The zero-order valence-corrected chi connectivity index (χ0v) is 18.3. The van der Waals surface area contributed by atoms with Crippen molar-refractivity contribution in [2.45, 2.75) is 31.8 Å². The SMILES string of the molecule is [CH-]=[N+](C(c1ccccc1)c1ccccc1)[C@H](CC)CC=C.[Zn+][Br]. The van der Waals surface area contributed by atoms with E-state index in [0.29, 0.717) is 0 Å². The zero-order valence-electron chi connectivity index (χ0n) is 13.7. The molecule has 0 aliphatic carbocycles. The maximum atomic E-state index is 6.51. The molecule has 0 N–H and O–H groups in total. The van der Waals surface area contributed by atoms with Crippen LogP contribution in [0.5, 0.6) is 0 Å². The van der Waals surface area contributed by atoms with Gasteiger partial charge in [0.2, 0.25) is 0 Å². The molecule has 0 radical (unpaired) electrons. The van der Waals surface area contributed by atoms with E-state index in [9.17, 15) is 0 Å². The second-order valence-electron chi connectivity index (χ2n) is 5.26. The van der Waals surface area contributed by atoms with Crippen LogP contribution < -0.4 is 0 Å². The molecule has 1 nitrogen and oxygen atoms in total. The maximum absolute atomic E-state index is 6.51. The van der Waals surface area contributed by atoms with Gasteiger partial charge in [-0.05, 0) is 0 Å². The van der Waals surface area contributed by atoms with Gasteiger partial charge in [0.05, 0.1) is 0 Å². The molecular formula is C20H23BrNZn+. The molecule has 0 aromatic heterocycles. The van der Waals surface area contributed by atoms with Crippen molar-refractivity contribution in [3.63, 3.8) is 0 Å². The molecule has 23 heavy (non-hydrogen) atoms.